The van der Waals surface area contributed by atoms with Gasteiger partial charge in [0, 0.05) is 12.6 Å². The van der Waals surface area contributed by atoms with Crippen molar-refractivity contribution in [1.29, 1.82) is 0 Å². The third-order valence-electron chi connectivity index (χ3n) is 2.76. The van der Waals surface area contributed by atoms with Crippen molar-refractivity contribution in [3.63, 3.8) is 0 Å². The van der Waals surface area contributed by atoms with Crippen LogP contribution in [0.4, 0.5) is 0 Å². The van der Waals surface area contributed by atoms with E-state index >= 15 is 0 Å². The molecule has 2 rings (SSSR count). The number of nitrogens with one attached hydrogen (secondary N) is 1. The molecule has 0 aliphatic carbocycles. The highest BCUT2D eigenvalue weighted by atomic mass is 16.1. The van der Waals surface area contributed by atoms with Crippen molar-refractivity contribution < 1.29 is 4.79 Å². The van der Waals surface area contributed by atoms with Gasteiger partial charge in [0.25, 0.3) is 0 Å². The van der Waals surface area contributed by atoms with Crippen LogP contribution in [0, 0.1) is 0 Å². The standard InChI is InChI=1S/C18H17NO/c20-18(19-15-17-12-5-2-6-13-17)14-8-7-11-16-9-3-1-4-10-16/h1-14H,15H2,(H,19,20). The highest BCUT2D eigenvalue weighted by molar-refractivity contribution is 5.87. The number of rotatable bonds is 5. The van der Waals surface area contributed by atoms with Crippen molar-refractivity contribution in [2.24, 2.45) is 0 Å². The lowest BCUT2D eigenvalue weighted by molar-refractivity contribution is -0.116. The third kappa shape index (κ3) is 4.94. The summed E-state index contributed by atoms with van der Waals surface area (Å²) in [6.07, 6.45) is 7.09. The first-order chi connectivity index (χ1) is 9.84. The van der Waals surface area contributed by atoms with Crippen LogP contribution in [0.3, 0.4) is 0 Å². The summed E-state index contributed by atoms with van der Waals surface area (Å²) in [6.45, 7) is 0.548. The molecule has 0 aliphatic rings. The van der Waals surface area contributed by atoms with E-state index in [1.54, 1.807) is 6.08 Å². The molecule has 20 heavy (non-hydrogen) atoms. The van der Waals surface area contributed by atoms with Crippen molar-refractivity contribution in [1.82, 2.24) is 5.32 Å². The quantitative estimate of drug-likeness (QED) is 0.648. The summed E-state index contributed by atoms with van der Waals surface area (Å²) in [5, 5.41) is 2.84. The molecular weight excluding hydrogens is 246 g/mol. The van der Waals surface area contributed by atoms with Gasteiger partial charge in [0.05, 0.1) is 0 Å². The van der Waals surface area contributed by atoms with Gasteiger partial charge in [0.2, 0.25) is 5.91 Å². The molecule has 0 aliphatic heterocycles. The smallest absolute Gasteiger partial charge is 0.244 e. The maximum Gasteiger partial charge on any atom is 0.244 e. The first-order valence-electron chi connectivity index (χ1n) is 6.56. The van der Waals surface area contributed by atoms with E-state index in [1.165, 1.54) is 6.08 Å². The van der Waals surface area contributed by atoms with Gasteiger partial charge in [0.1, 0.15) is 0 Å². The topological polar surface area (TPSA) is 29.1 Å². The number of amides is 1. The number of benzene rings is 2. The molecule has 1 N–H and O–H groups in total. The van der Waals surface area contributed by atoms with E-state index in [0.717, 1.165) is 11.1 Å². The number of carbonyl (C=O) groups is 1. The molecule has 2 aromatic carbocycles. The minimum Gasteiger partial charge on any atom is -0.348 e. The Morgan fingerprint density at radius 2 is 1.55 bits per heavy atom. The molecule has 0 atom stereocenters. The molecule has 100 valence electrons. The summed E-state index contributed by atoms with van der Waals surface area (Å²) >= 11 is 0. The zero-order chi connectivity index (χ0) is 14.0. The lowest BCUT2D eigenvalue weighted by Crippen LogP contribution is -2.20. The molecule has 0 bridgehead atoms. The fourth-order valence-corrected chi connectivity index (χ4v) is 1.72. The van der Waals surface area contributed by atoms with Gasteiger partial charge >= 0.3 is 0 Å². The Morgan fingerprint density at radius 1 is 0.900 bits per heavy atom. The molecule has 2 nitrogen and oxygen atoms in total. The fraction of sp³-hybridized carbons (Fsp3) is 0.0556. The van der Waals surface area contributed by atoms with Gasteiger partial charge in [-0.15, -0.1) is 0 Å². The summed E-state index contributed by atoms with van der Waals surface area (Å²) in [5.41, 5.74) is 2.20. The van der Waals surface area contributed by atoms with Crippen molar-refractivity contribution in [2.45, 2.75) is 6.54 Å². The maximum absolute atomic E-state index is 11.6. The number of carbonyl (C=O) groups excluding carboxylic acids is 1. The predicted molar refractivity (Wildman–Crippen MR) is 82.9 cm³/mol. The fourth-order valence-electron chi connectivity index (χ4n) is 1.72. The van der Waals surface area contributed by atoms with Gasteiger partial charge in [-0.3, -0.25) is 4.79 Å². The largest absolute Gasteiger partial charge is 0.348 e. The molecule has 0 saturated carbocycles. The third-order valence-corrected chi connectivity index (χ3v) is 2.76. The van der Waals surface area contributed by atoms with E-state index < -0.39 is 0 Å². The van der Waals surface area contributed by atoms with Crippen LogP contribution >= 0.6 is 0 Å². The van der Waals surface area contributed by atoms with E-state index in [9.17, 15) is 4.79 Å². The Bertz CT molecular complexity index is 585. The number of hydrogen-bond acceptors (Lipinski definition) is 1. The van der Waals surface area contributed by atoms with Crippen molar-refractivity contribution in [3.05, 3.63) is 90.0 Å². The highest BCUT2D eigenvalue weighted by Gasteiger charge is 1.94. The maximum atomic E-state index is 11.6. The van der Waals surface area contributed by atoms with Crippen LogP contribution in [-0.4, -0.2) is 5.91 Å². The Labute approximate surface area is 119 Å². The molecule has 0 saturated heterocycles. The van der Waals surface area contributed by atoms with Crippen LogP contribution in [0.1, 0.15) is 11.1 Å². The van der Waals surface area contributed by atoms with E-state index in [-0.39, 0.29) is 5.91 Å². The summed E-state index contributed by atoms with van der Waals surface area (Å²) in [7, 11) is 0. The summed E-state index contributed by atoms with van der Waals surface area (Å²) in [5.74, 6) is -0.0911. The van der Waals surface area contributed by atoms with Crippen LogP contribution in [0.15, 0.2) is 78.9 Å². The minimum absolute atomic E-state index is 0.0911. The van der Waals surface area contributed by atoms with Crippen molar-refractivity contribution >= 4 is 12.0 Å². The van der Waals surface area contributed by atoms with Gasteiger partial charge in [-0.25, -0.2) is 0 Å². The molecule has 2 heteroatoms. The normalized spacial score (nSPS) is 11.0. The van der Waals surface area contributed by atoms with Crippen LogP contribution in [-0.2, 0) is 11.3 Å². The van der Waals surface area contributed by atoms with Crippen molar-refractivity contribution in [2.75, 3.05) is 0 Å². The highest BCUT2D eigenvalue weighted by Crippen LogP contribution is 2.01. The zero-order valence-electron chi connectivity index (χ0n) is 11.2. The predicted octanol–water partition coefficient (Wildman–Crippen LogP) is 3.57. The number of allylic oxidation sites excluding steroid dienone is 2. The molecular formula is C18H17NO. The molecule has 1 amide bonds. The second-order valence-corrected chi connectivity index (χ2v) is 4.33. The van der Waals surface area contributed by atoms with Gasteiger partial charge in [-0.2, -0.15) is 0 Å². The number of hydrogen-bond donors (Lipinski definition) is 1. The first-order valence-corrected chi connectivity index (χ1v) is 6.56. The second kappa shape index (κ2) is 7.74. The van der Waals surface area contributed by atoms with Crippen LogP contribution in [0.25, 0.3) is 6.08 Å². The van der Waals surface area contributed by atoms with E-state index in [1.807, 2.05) is 72.8 Å². The average Bonchev–Trinajstić information content (AvgIpc) is 2.52. The Balaban J connectivity index is 1.77. The lowest BCUT2D eigenvalue weighted by atomic mass is 10.2. The van der Waals surface area contributed by atoms with Crippen LogP contribution in [0.2, 0.25) is 0 Å². The Kier molecular flexibility index (Phi) is 5.35. The van der Waals surface area contributed by atoms with Crippen LogP contribution in [0.5, 0.6) is 0 Å². The van der Waals surface area contributed by atoms with Crippen LogP contribution < -0.4 is 5.32 Å². The monoisotopic (exact) mass is 263 g/mol. The second-order valence-electron chi connectivity index (χ2n) is 4.33. The molecule has 0 fully saturated rings. The molecule has 0 unspecified atom stereocenters. The van der Waals surface area contributed by atoms with Gasteiger partial charge in [-0.05, 0) is 11.1 Å². The zero-order valence-corrected chi connectivity index (χ0v) is 11.2. The molecule has 0 radical (unpaired) electrons. The SMILES string of the molecule is O=C(C=CC=Cc1ccccc1)NCc1ccccc1. The Hall–Kier alpha value is -2.61. The molecule has 2 aromatic rings. The molecule has 0 heterocycles. The van der Waals surface area contributed by atoms with Crippen molar-refractivity contribution in [3.8, 4) is 0 Å². The molecule has 0 aromatic heterocycles. The van der Waals surface area contributed by atoms with Gasteiger partial charge < -0.3 is 5.32 Å². The Morgan fingerprint density at radius 3 is 2.25 bits per heavy atom. The van der Waals surface area contributed by atoms with E-state index in [4.69, 9.17) is 0 Å². The summed E-state index contributed by atoms with van der Waals surface area (Å²) in [6, 6.07) is 19.8. The first kappa shape index (κ1) is 13.8. The lowest BCUT2D eigenvalue weighted by Gasteiger charge is -2.01. The summed E-state index contributed by atoms with van der Waals surface area (Å²) < 4.78 is 0. The van der Waals surface area contributed by atoms with E-state index in [0.29, 0.717) is 6.54 Å². The summed E-state index contributed by atoms with van der Waals surface area (Å²) in [4.78, 5) is 11.6. The van der Waals surface area contributed by atoms with Gasteiger partial charge in [-0.1, -0.05) is 78.9 Å². The minimum atomic E-state index is -0.0911. The molecule has 0 spiro atoms. The van der Waals surface area contributed by atoms with Gasteiger partial charge in [0.15, 0.2) is 0 Å². The van der Waals surface area contributed by atoms with E-state index in [2.05, 4.69) is 5.32 Å². The average molecular weight is 263 g/mol.